The Morgan fingerprint density at radius 2 is 1.07 bits per heavy atom. The molecule has 1 nitrogen and oxygen atoms in total. The van der Waals surface area contributed by atoms with Gasteiger partial charge in [-0.25, -0.2) is 0 Å². The molecule has 2 rings (SSSR count). The van der Waals surface area contributed by atoms with Gasteiger partial charge in [-0.2, -0.15) is 23.5 Å². The van der Waals surface area contributed by atoms with E-state index >= 15 is 0 Å². The Balaban J connectivity index is 1.53. The predicted molar refractivity (Wildman–Crippen MR) is 136 cm³/mol. The Labute approximate surface area is 186 Å². The molecule has 0 saturated heterocycles. The Hall–Kier alpha value is -1.42. The van der Waals surface area contributed by atoms with Crippen molar-refractivity contribution in [2.75, 3.05) is 38.7 Å². The van der Waals surface area contributed by atoms with Gasteiger partial charge in [0.1, 0.15) is 0 Å². The summed E-state index contributed by atoms with van der Waals surface area (Å²) in [4.78, 5) is 0. The van der Waals surface area contributed by atoms with E-state index in [0.717, 1.165) is 16.0 Å². The summed E-state index contributed by atoms with van der Waals surface area (Å²) in [6.07, 6.45) is 6.36. The molecule has 3 heteroatoms. The van der Waals surface area contributed by atoms with Crippen molar-refractivity contribution in [2.45, 2.75) is 24.3 Å². The van der Waals surface area contributed by atoms with Gasteiger partial charge < -0.3 is 4.48 Å². The third-order valence-electron chi connectivity index (χ3n) is 5.07. The van der Waals surface area contributed by atoms with Gasteiger partial charge >= 0.3 is 0 Å². The van der Waals surface area contributed by atoms with Crippen molar-refractivity contribution >= 4 is 35.7 Å². The molecule has 29 heavy (non-hydrogen) atoms. The molecule has 0 atom stereocenters. The maximum absolute atomic E-state index is 3.81. The molecule has 0 aliphatic heterocycles. The summed E-state index contributed by atoms with van der Waals surface area (Å²) in [5.74, 6) is 4.69. The Morgan fingerprint density at radius 1 is 0.690 bits per heavy atom. The fourth-order valence-electron chi connectivity index (χ4n) is 3.18. The molecule has 0 N–H and O–H groups in total. The molecule has 0 spiro atoms. The van der Waals surface area contributed by atoms with Crippen LogP contribution in [-0.4, -0.2) is 43.2 Å². The Bertz CT molecular complexity index is 669. The third kappa shape index (κ3) is 9.75. The summed E-state index contributed by atoms with van der Waals surface area (Å²) in [6.45, 7) is 10.1. The van der Waals surface area contributed by atoms with E-state index < -0.39 is 0 Å². The molecule has 0 unspecified atom stereocenters. The number of nitrogens with zero attached hydrogens (tertiary/aromatic N) is 1. The molecule has 0 aromatic heterocycles. The second-order valence-electron chi connectivity index (χ2n) is 8.09. The van der Waals surface area contributed by atoms with E-state index in [2.05, 4.69) is 75.8 Å². The SMILES string of the molecule is C=Cc1ccc(CSCCC[N+](C)(C)CCCSCc2ccc(C=C)cc2)cc1. The quantitative estimate of drug-likeness (QED) is 0.236. The molecular weight excluding hydrogens is 390 g/mol. The van der Waals surface area contributed by atoms with Gasteiger partial charge in [0.25, 0.3) is 0 Å². The summed E-state index contributed by atoms with van der Waals surface area (Å²) in [5, 5.41) is 0. The van der Waals surface area contributed by atoms with Crippen LogP contribution >= 0.6 is 23.5 Å². The number of rotatable bonds is 14. The molecule has 156 valence electrons. The van der Waals surface area contributed by atoms with Crippen molar-refractivity contribution in [1.82, 2.24) is 0 Å². The van der Waals surface area contributed by atoms with Crippen LogP contribution in [0.5, 0.6) is 0 Å². The first-order valence-corrected chi connectivity index (χ1v) is 12.7. The van der Waals surface area contributed by atoms with Crippen molar-refractivity contribution < 1.29 is 4.48 Å². The molecule has 0 amide bonds. The van der Waals surface area contributed by atoms with Crippen molar-refractivity contribution in [3.05, 3.63) is 83.9 Å². The smallest absolute Gasteiger partial charge is 0.0790 e. The van der Waals surface area contributed by atoms with Crippen molar-refractivity contribution in [1.29, 1.82) is 0 Å². The highest BCUT2D eigenvalue weighted by Crippen LogP contribution is 2.17. The Morgan fingerprint density at radius 3 is 1.41 bits per heavy atom. The van der Waals surface area contributed by atoms with E-state index in [1.54, 1.807) is 0 Å². The average Bonchev–Trinajstić information content (AvgIpc) is 2.74. The lowest BCUT2D eigenvalue weighted by Gasteiger charge is -2.29. The van der Waals surface area contributed by atoms with Gasteiger partial charge in [0.2, 0.25) is 0 Å². The zero-order valence-electron chi connectivity index (χ0n) is 18.1. The van der Waals surface area contributed by atoms with Crippen LogP contribution in [0, 0.1) is 0 Å². The van der Waals surface area contributed by atoms with Crippen molar-refractivity contribution in [3.63, 3.8) is 0 Å². The molecule has 2 aromatic carbocycles. The molecule has 0 fully saturated rings. The molecule has 0 aliphatic rings. The van der Waals surface area contributed by atoms with Gasteiger partial charge in [-0.3, -0.25) is 0 Å². The molecule has 0 saturated carbocycles. The molecule has 0 heterocycles. The van der Waals surface area contributed by atoms with Crippen LogP contribution in [0.25, 0.3) is 12.2 Å². The van der Waals surface area contributed by atoms with E-state index in [1.807, 2.05) is 35.7 Å². The van der Waals surface area contributed by atoms with Gasteiger partial charge in [0, 0.05) is 24.3 Å². The van der Waals surface area contributed by atoms with E-state index in [9.17, 15) is 0 Å². The molecule has 0 radical (unpaired) electrons. The van der Waals surface area contributed by atoms with Crippen molar-refractivity contribution in [2.24, 2.45) is 0 Å². The summed E-state index contributed by atoms with van der Waals surface area (Å²) in [5.41, 5.74) is 5.21. The Kier molecular flexibility index (Phi) is 10.7. The second-order valence-corrected chi connectivity index (χ2v) is 10.3. The third-order valence-corrected chi connectivity index (χ3v) is 7.30. The monoisotopic (exact) mass is 426 g/mol. The molecule has 0 aliphatic carbocycles. The predicted octanol–water partition coefficient (Wildman–Crippen LogP) is 7.00. The van der Waals surface area contributed by atoms with Crippen LogP contribution in [0.15, 0.2) is 61.7 Å². The number of benzene rings is 2. The van der Waals surface area contributed by atoms with Gasteiger partial charge in [-0.15, -0.1) is 0 Å². The number of thioether (sulfide) groups is 2. The lowest BCUT2D eigenvalue weighted by Crippen LogP contribution is -2.41. The highest BCUT2D eigenvalue weighted by atomic mass is 32.2. The fraction of sp³-hybridized carbons (Fsp3) is 0.385. The maximum atomic E-state index is 3.81. The zero-order chi connectivity index (χ0) is 21.0. The standard InChI is InChI=1S/C26H36NS2/c1-5-23-9-13-25(14-10-23)21-28-19-7-17-27(3,4)18-8-20-29-22-26-15-11-24(6-2)12-16-26/h5-6,9-16H,1-2,7-8,17-22H2,3-4H3/q+1. The first-order valence-electron chi connectivity index (χ1n) is 10.4. The van der Waals surface area contributed by atoms with Crippen LogP contribution in [-0.2, 0) is 11.5 Å². The molecular formula is C26H36NS2+. The highest BCUT2D eigenvalue weighted by Gasteiger charge is 2.13. The van der Waals surface area contributed by atoms with Crippen LogP contribution in [0.3, 0.4) is 0 Å². The number of hydrogen-bond acceptors (Lipinski definition) is 2. The normalized spacial score (nSPS) is 11.4. The van der Waals surface area contributed by atoms with E-state index in [1.165, 1.54) is 59.7 Å². The maximum Gasteiger partial charge on any atom is 0.0790 e. The average molecular weight is 427 g/mol. The second kappa shape index (κ2) is 13.0. The molecule has 0 bridgehead atoms. The summed E-state index contributed by atoms with van der Waals surface area (Å²) in [7, 11) is 4.74. The van der Waals surface area contributed by atoms with E-state index in [-0.39, 0.29) is 0 Å². The number of quaternary nitrogens is 1. The van der Waals surface area contributed by atoms with E-state index in [0.29, 0.717) is 0 Å². The van der Waals surface area contributed by atoms with Crippen LogP contribution in [0.2, 0.25) is 0 Å². The minimum absolute atomic E-state index is 1.11. The summed E-state index contributed by atoms with van der Waals surface area (Å²) in [6, 6.07) is 17.5. The van der Waals surface area contributed by atoms with E-state index in [4.69, 9.17) is 0 Å². The van der Waals surface area contributed by atoms with Crippen LogP contribution in [0.1, 0.15) is 35.1 Å². The first-order chi connectivity index (χ1) is 14.0. The van der Waals surface area contributed by atoms with Crippen LogP contribution < -0.4 is 0 Å². The van der Waals surface area contributed by atoms with Crippen molar-refractivity contribution in [3.8, 4) is 0 Å². The molecule has 2 aromatic rings. The summed E-state index contributed by atoms with van der Waals surface area (Å²) >= 11 is 4.09. The lowest BCUT2D eigenvalue weighted by molar-refractivity contribution is -0.890. The topological polar surface area (TPSA) is 0 Å². The van der Waals surface area contributed by atoms with Gasteiger partial charge in [-0.05, 0) is 33.8 Å². The fourth-order valence-corrected chi connectivity index (χ4v) is 4.99. The van der Waals surface area contributed by atoms with Gasteiger partial charge in [0.15, 0.2) is 0 Å². The lowest BCUT2D eigenvalue weighted by atomic mass is 10.1. The summed E-state index contributed by atoms with van der Waals surface area (Å²) < 4.78 is 1.13. The van der Waals surface area contributed by atoms with Gasteiger partial charge in [-0.1, -0.05) is 73.8 Å². The largest absolute Gasteiger partial charge is 0.328 e. The zero-order valence-corrected chi connectivity index (χ0v) is 19.7. The van der Waals surface area contributed by atoms with Gasteiger partial charge in [0.05, 0.1) is 27.2 Å². The minimum Gasteiger partial charge on any atom is -0.328 e. The highest BCUT2D eigenvalue weighted by molar-refractivity contribution is 7.98. The minimum atomic E-state index is 1.11. The van der Waals surface area contributed by atoms with Crippen LogP contribution in [0.4, 0.5) is 0 Å². The first kappa shape index (κ1) is 23.9. The number of hydrogen-bond donors (Lipinski definition) is 0.